The first kappa shape index (κ1) is 11.9. The number of fused-ring (bicyclic) bond motifs is 1. The van der Waals surface area contributed by atoms with Gasteiger partial charge in [-0.1, -0.05) is 5.57 Å². The van der Waals surface area contributed by atoms with Crippen molar-refractivity contribution in [3.8, 4) is 0 Å². The molecule has 0 saturated heterocycles. The van der Waals surface area contributed by atoms with E-state index >= 15 is 0 Å². The Labute approximate surface area is 99.4 Å². The zero-order valence-electron chi connectivity index (χ0n) is 10.1. The molecule has 1 unspecified atom stereocenters. The van der Waals surface area contributed by atoms with Crippen LogP contribution in [0.2, 0.25) is 0 Å². The average Bonchev–Trinajstić information content (AvgIpc) is 2.55. The van der Waals surface area contributed by atoms with Crippen LogP contribution in [0, 0.1) is 12.7 Å². The normalized spacial score (nSPS) is 12.8. The third-order valence-corrected chi connectivity index (χ3v) is 2.69. The highest BCUT2D eigenvalue weighted by molar-refractivity contribution is 5.82. The van der Waals surface area contributed by atoms with E-state index in [2.05, 4.69) is 0 Å². The first-order valence-corrected chi connectivity index (χ1v) is 5.50. The largest absolute Gasteiger partial charge is 0.458 e. The van der Waals surface area contributed by atoms with Gasteiger partial charge < -0.3 is 9.52 Å². The van der Waals surface area contributed by atoms with E-state index in [0.29, 0.717) is 16.7 Å². The van der Waals surface area contributed by atoms with E-state index in [-0.39, 0.29) is 5.82 Å². The zero-order valence-corrected chi connectivity index (χ0v) is 10.1. The lowest BCUT2D eigenvalue weighted by molar-refractivity contribution is 0.198. The highest BCUT2D eigenvalue weighted by atomic mass is 19.1. The van der Waals surface area contributed by atoms with Gasteiger partial charge in [0.2, 0.25) is 0 Å². The number of rotatable bonds is 2. The molecule has 1 N–H and O–H groups in total. The summed E-state index contributed by atoms with van der Waals surface area (Å²) < 4.78 is 18.7. The van der Waals surface area contributed by atoms with Crippen LogP contribution in [-0.2, 0) is 0 Å². The van der Waals surface area contributed by atoms with Crippen LogP contribution in [0.3, 0.4) is 0 Å². The maximum Gasteiger partial charge on any atom is 0.140 e. The second-order valence-corrected chi connectivity index (χ2v) is 4.42. The molecule has 0 aliphatic rings. The van der Waals surface area contributed by atoms with Crippen LogP contribution in [0.1, 0.15) is 31.3 Å². The molecule has 0 spiro atoms. The first-order chi connectivity index (χ1) is 7.99. The van der Waals surface area contributed by atoms with Crippen molar-refractivity contribution >= 4 is 11.0 Å². The summed E-state index contributed by atoms with van der Waals surface area (Å²) >= 11 is 0. The number of halogens is 1. The number of furan rings is 1. The van der Waals surface area contributed by atoms with Crippen molar-refractivity contribution in [1.29, 1.82) is 0 Å². The quantitative estimate of drug-likeness (QED) is 0.800. The molecular weight excluding hydrogens is 219 g/mol. The number of allylic oxidation sites excluding steroid dienone is 1. The minimum atomic E-state index is -0.782. The fourth-order valence-electron chi connectivity index (χ4n) is 1.89. The van der Waals surface area contributed by atoms with Crippen molar-refractivity contribution in [1.82, 2.24) is 0 Å². The fourth-order valence-corrected chi connectivity index (χ4v) is 1.89. The summed E-state index contributed by atoms with van der Waals surface area (Å²) in [6.45, 7) is 5.63. The molecule has 1 heterocycles. The van der Waals surface area contributed by atoms with Gasteiger partial charge in [-0.05, 0) is 45.0 Å². The lowest BCUT2D eigenvalue weighted by Crippen LogP contribution is -1.93. The van der Waals surface area contributed by atoms with Crippen molar-refractivity contribution in [2.45, 2.75) is 26.9 Å². The molecule has 2 aromatic rings. The molecule has 2 nitrogen and oxygen atoms in total. The van der Waals surface area contributed by atoms with E-state index in [1.165, 1.54) is 12.1 Å². The molecule has 90 valence electrons. The lowest BCUT2D eigenvalue weighted by atomic mass is 10.1. The fraction of sp³-hybridized carbons (Fsp3) is 0.286. The molecule has 0 saturated carbocycles. The molecular formula is C14H15FO2. The molecule has 1 aromatic carbocycles. The molecule has 2 rings (SSSR count). The molecule has 0 bridgehead atoms. The Bertz CT molecular complexity index is 577. The van der Waals surface area contributed by atoms with Crippen molar-refractivity contribution in [2.75, 3.05) is 0 Å². The summed E-state index contributed by atoms with van der Waals surface area (Å²) in [6, 6.07) is 4.35. The topological polar surface area (TPSA) is 33.4 Å². The van der Waals surface area contributed by atoms with Crippen LogP contribution in [-0.4, -0.2) is 5.11 Å². The summed E-state index contributed by atoms with van der Waals surface area (Å²) in [5, 5.41) is 10.7. The van der Waals surface area contributed by atoms with Crippen LogP contribution >= 0.6 is 0 Å². The third kappa shape index (κ3) is 2.24. The molecule has 3 heteroatoms. The SMILES string of the molecule is CC(C)=CC(O)c1oc2ccc(F)cc2c1C. The van der Waals surface area contributed by atoms with Gasteiger partial charge in [-0.15, -0.1) is 0 Å². The minimum Gasteiger partial charge on any atom is -0.458 e. The lowest BCUT2D eigenvalue weighted by Gasteiger charge is -2.03. The van der Waals surface area contributed by atoms with Gasteiger partial charge in [0, 0.05) is 10.9 Å². The summed E-state index contributed by atoms with van der Waals surface area (Å²) in [7, 11) is 0. The highest BCUT2D eigenvalue weighted by Gasteiger charge is 2.16. The van der Waals surface area contributed by atoms with Gasteiger partial charge in [0.1, 0.15) is 23.3 Å². The van der Waals surface area contributed by atoms with Gasteiger partial charge in [-0.2, -0.15) is 0 Å². The number of aliphatic hydroxyl groups excluding tert-OH is 1. The van der Waals surface area contributed by atoms with E-state index in [1.807, 2.05) is 20.8 Å². The molecule has 0 fully saturated rings. The summed E-state index contributed by atoms with van der Waals surface area (Å²) in [5.41, 5.74) is 2.38. The first-order valence-electron chi connectivity index (χ1n) is 5.50. The van der Waals surface area contributed by atoms with Gasteiger partial charge in [-0.3, -0.25) is 0 Å². The molecule has 0 aliphatic carbocycles. The maximum absolute atomic E-state index is 13.1. The maximum atomic E-state index is 13.1. The second kappa shape index (κ2) is 4.34. The predicted molar refractivity (Wildman–Crippen MR) is 65.3 cm³/mol. The van der Waals surface area contributed by atoms with Crippen LogP contribution in [0.15, 0.2) is 34.3 Å². The Morgan fingerprint density at radius 3 is 2.76 bits per heavy atom. The standard InChI is InChI=1S/C14H15FO2/c1-8(2)6-12(16)14-9(3)11-7-10(15)4-5-13(11)17-14/h4-7,12,16H,1-3H3. The molecule has 0 radical (unpaired) electrons. The number of benzene rings is 1. The van der Waals surface area contributed by atoms with E-state index in [1.54, 1.807) is 12.1 Å². The Kier molecular flexibility index (Phi) is 3.03. The van der Waals surface area contributed by atoms with Gasteiger partial charge >= 0.3 is 0 Å². The number of hydrogen-bond acceptors (Lipinski definition) is 2. The van der Waals surface area contributed by atoms with Gasteiger partial charge in [0.05, 0.1) is 0 Å². The Morgan fingerprint density at radius 2 is 2.12 bits per heavy atom. The molecule has 0 amide bonds. The van der Waals surface area contributed by atoms with Crippen LogP contribution in [0.25, 0.3) is 11.0 Å². The molecule has 1 aromatic heterocycles. The van der Waals surface area contributed by atoms with Crippen LogP contribution in [0.4, 0.5) is 4.39 Å². The summed E-state index contributed by atoms with van der Waals surface area (Å²) in [4.78, 5) is 0. The van der Waals surface area contributed by atoms with Crippen LogP contribution in [0.5, 0.6) is 0 Å². The summed E-state index contributed by atoms with van der Waals surface area (Å²) in [5.74, 6) is 0.177. The molecule has 1 atom stereocenters. The Morgan fingerprint density at radius 1 is 1.41 bits per heavy atom. The predicted octanol–water partition coefficient (Wildman–Crippen LogP) is 3.88. The van der Waals surface area contributed by atoms with Gasteiger partial charge in [-0.25, -0.2) is 4.39 Å². The number of aryl methyl sites for hydroxylation is 1. The van der Waals surface area contributed by atoms with Crippen molar-refractivity contribution < 1.29 is 13.9 Å². The Balaban J connectivity index is 2.56. The van der Waals surface area contributed by atoms with Crippen molar-refractivity contribution in [3.63, 3.8) is 0 Å². The van der Waals surface area contributed by atoms with Crippen molar-refractivity contribution in [3.05, 3.63) is 47.0 Å². The van der Waals surface area contributed by atoms with E-state index in [4.69, 9.17) is 4.42 Å². The molecule has 0 aliphatic heterocycles. The summed E-state index contributed by atoms with van der Waals surface area (Å²) in [6.07, 6.45) is 0.927. The van der Waals surface area contributed by atoms with Crippen molar-refractivity contribution in [2.24, 2.45) is 0 Å². The average molecular weight is 234 g/mol. The number of hydrogen-bond donors (Lipinski definition) is 1. The Hall–Kier alpha value is -1.61. The van der Waals surface area contributed by atoms with E-state index in [9.17, 15) is 9.50 Å². The van der Waals surface area contributed by atoms with Gasteiger partial charge in [0.15, 0.2) is 0 Å². The molecule has 17 heavy (non-hydrogen) atoms. The second-order valence-electron chi connectivity index (χ2n) is 4.42. The van der Waals surface area contributed by atoms with E-state index in [0.717, 1.165) is 11.1 Å². The zero-order chi connectivity index (χ0) is 12.6. The third-order valence-electron chi connectivity index (χ3n) is 2.69. The van der Waals surface area contributed by atoms with E-state index < -0.39 is 6.10 Å². The highest BCUT2D eigenvalue weighted by Crippen LogP contribution is 2.30. The minimum absolute atomic E-state index is 0.301. The monoisotopic (exact) mass is 234 g/mol. The number of aliphatic hydroxyl groups is 1. The smallest absolute Gasteiger partial charge is 0.140 e. The van der Waals surface area contributed by atoms with Crippen LogP contribution < -0.4 is 0 Å². The van der Waals surface area contributed by atoms with Gasteiger partial charge in [0.25, 0.3) is 0 Å².